The average molecular weight is 464 g/mol. The van der Waals surface area contributed by atoms with Crippen LogP contribution in [0, 0.1) is 0 Å². The fraction of sp³-hybridized carbons (Fsp3) is 0.409. The Morgan fingerprint density at radius 1 is 1.03 bits per heavy atom. The van der Waals surface area contributed by atoms with Crippen LogP contribution in [0.1, 0.15) is 36.4 Å². The van der Waals surface area contributed by atoms with Crippen molar-refractivity contribution in [2.45, 2.75) is 31.3 Å². The van der Waals surface area contributed by atoms with Gasteiger partial charge in [-0.25, -0.2) is 0 Å². The van der Waals surface area contributed by atoms with Crippen LogP contribution in [0.15, 0.2) is 40.9 Å². The predicted molar refractivity (Wildman–Crippen MR) is 114 cm³/mol. The third-order valence-electron chi connectivity index (χ3n) is 5.39. The van der Waals surface area contributed by atoms with Gasteiger partial charge < -0.3 is 19.3 Å². The van der Waals surface area contributed by atoms with Gasteiger partial charge in [-0.05, 0) is 43.1 Å². The van der Waals surface area contributed by atoms with E-state index >= 15 is 0 Å². The third-order valence-corrected chi connectivity index (χ3v) is 6.08. The second-order valence-electron chi connectivity index (χ2n) is 6.96. The number of hydrogen-bond donors (Lipinski definition) is 1. The van der Waals surface area contributed by atoms with Crippen molar-refractivity contribution >= 4 is 21.9 Å². The van der Waals surface area contributed by atoms with E-state index in [1.807, 2.05) is 36.4 Å². The molecule has 156 valence electrons. The van der Waals surface area contributed by atoms with Crippen molar-refractivity contribution in [2.75, 3.05) is 27.9 Å². The Morgan fingerprint density at radius 2 is 1.69 bits per heavy atom. The molecule has 1 N–H and O–H groups in total. The minimum absolute atomic E-state index is 0.318. The summed E-state index contributed by atoms with van der Waals surface area (Å²) in [5.74, 6) is 1.11. The number of carbonyl (C=O) groups is 1. The minimum Gasteiger partial charge on any atom is -0.496 e. The molecule has 1 aliphatic heterocycles. The Kier molecular flexibility index (Phi) is 7.03. The summed E-state index contributed by atoms with van der Waals surface area (Å²) in [6.45, 7) is 0.681. The number of piperidine rings is 1. The first-order valence-corrected chi connectivity index (χ1v) is 10.3. The van der Waals surface area contributed by atoms with Crippen LogP contribution in [-0.4, -0.2) is 49.9 Å². The number of benzene rings is 2. The van der Waals surface area contributed by atoms with Crippen molar-refractivity contribution in [1.29, 1.82) is 0 Å². The van der Waals surface area contributed by atoms with Gasteiger partial charge in [0.25, 0.3) is 0 Å². The van der Waals surface area contributed by atoms with Gasteiger partial charge in [-0.1, -0.05) is 40.5 Å². The van der Waals surface area contributed by atoms with Crippen molar-refractivity contribution in [3.63, 3.8) is 0 Å². The van der Waals surface area contributed by atoms with Crippen molar-refractivity contribution in [3.05, 3.63) is 52.0 Å². The van der Waals surface area contributed by atoms with E-state index in [0.717, 1.165) is 28.4 Å². The van der Waals surface area contributed by atoms with Gasteiger partial charge in [-0.3, -0.25) is 9.69 Å². The molecule has 0 amide bonds. The zero-order valence-electron chi connectivity index (χ0n) is 16.9. The van der Waals surface area contributed by atoms with Gasteiger partial charge in [0.15, 0.2) is 11.5 Å². The van der Waals surface area contributed by atoms with E-state index in [0.29, 0.717) is 30.2 Å². The van der Waals surface area contributed by atoms with Crippen LogP contribution >= 0.6 is 15.9 Å². The monoisotopic (exact) mass is 463 g/mol. The molecule has 1 heterocycles. The minimum atomic E-state index is -0.804. The fourth-order valence-electron chi connectivity index (χ4n) is 4.02. The number of carboxylic acid groups (broad SMARTS) is 1. The zero-order valence-corrected chi connectivity index (χ0v) is 18.4. The van der Waals surface area contributed by atoms with Crippen LogP contribution in [0.5, 0.6) is 17.2 Å². The summed E-state index contributed by atoms with van der Waals surface area (Å²) >= 11 is 3.67. The SMILES string of the molecule is COc1cc(Br)c(C(c2ccccc2OC)N2CCCCC2C(=O)O)cc1OC. The summed E-state index contributed by atoms with van der Waals surface area (Å²) in [6.07, 6.45) is 2.46. The quantitative estimate of drug-likeness (QED) is 0.651. The molecule has 1 aliphatic rings. The summed E-state index contributed by atoms with van der Waals surface area (Å²) in [5, 5.41) is 9.90. The average Bonchev–Trinajstić information content (AvgIpc) is 2.75. The molecule has 6 nitrogen and oxygen atoms in total. The maximum absolute atomic E-state index is 12.1. The third kappa shape index (κ3) is 4.36. The lowest BCUT2D eigenvalue weighted by Gasteiger charge is -2.40. The summed E-state index contributed by atoms with van der Waals surface area (Å²) in [6, 6.07) is 10.6. The van der Waals surface area contributed by atoms with Crippen LogP contribution in [0.3, 0.4) is 0 Å². The molecule has 1 fully saturated rings. The molecule has 2 atom stereocenters. The van der Waals surface area contributed by atoms with Gasteiger partial charge >= 0.3 is 5.97 Å². The van der Waals surface area contributed by atoms with Gasteiger partial charge in [0.05, 0.1) is 27.4 Å². The predicted octanol–water partition coefficient (Wildman–Crippen LogP) is 4.50. The molecule has 2 unspecified atom stereocenters. The van der Waals surface area contributed by atoms with Crippen LogP contribution in [0.25, 0.3) is 0 Å². The Balaban J connectivity index is 2.22. The van der Waals surface area contributed by atoms with Crippen LogP contribution in [0.2, 0.25) is 0 Å². The van der Waals surface area contributed by atoms with E-state index in [4.69, 9.17) is 14.2 Å². The highest BCUT2D eigenvalue weighted by Crippen LogP contribution is 2.44. The Labute approximate surface area is 179 Å². The molecule has 3 rings (SSSR count). The number of likely N-dealkylation sites (tertiary alicyclic amines) is 1. The van der Waals surface area contributed by atoms with E-state index in [2.05, 4.69) is 20.8 Å². The van der Waals surface area contributed by atoms with E-state index in [-0.39, 0.29) is 6.04 Å². The highest BCUT2D eigenvalue weighted by atomic mass is 79.9. The molecule has 0 aromatic heterocycles. The Hall–Kier alpha value is -2.25. The second-order valence-corrected chi connectivity index (χ2v) is 7.82. The molecule has 0 bridgehead atoms. The van der Waals surface area contributed by atoms with Crippen molar-refractivity contribution < 1.29 is 24.1 Å². The summed E-state index contributed by atoms with van der Waals surface area (Å²) < 4.78 is 17.4. The molecule has 0 aliphatic carbocycles. The molecule has 0 saturated carbocycles. The van der Waals surface area contributed by atoms with E-state index < -0.39 is 12.0 Å². The molecule has 1 saturated heterocycles. The number of aliphatic carboxylic acids is 1. The highest BCUT2D eigenvalue weighted by Gasteiger charge is 2.37. The summed E-state index contributed by atoms with van der Waals surface area (Å²) in [4.78, 5) is 14.1. The normalized spacial score (nSPS) is 18.1. The molecule has 0 spiro atoms. The number of ether oxygens (including phenoxy) is 3. The number of carboxylic acids is 1. The lowest BCUT2D eigenvalue weighted by Crippen LogP contribution is -2.47. The Morgan fingerprint density at radius 3 is 2.34 bits per heavy atom. The van der Waals surface area contributed by atoms with Crippen LogP contribution in [-0.2, 0) is 4.79 Å². The van der Waals surface area contributed by atoms with E-state index in [1.54, 1.807) is 21.3 Å². The van der Waals surface area contributed by atoms with E-state index in [1.165, 1.54) is 0 Å². The first-order valence-electron chi connectivity index (χ1n) is 9.54. The molecule has 29 heavy (non-hydrogen) atoms. The maximum atomic E-state index is 12.1. The topological polar surface area (TPSA) is 68.2 Å². The first kappa shape index (κ1) is 21.5. The first-order chi connectivity index (χ1) is 14.0. The number of para-hydroxylation sites is 1. The number of halogens is 1. The summed E-state index contributed by atoms with van der Waals surface area (Å²) in [7, 11) is 4.81. The van der Waals surface area contributed by atoms with Crippen molar-refractivity contribution in [2.24, 2.45) is 0 Å². The Bertz CT molecular complexity index is 872. The van der Waals surface area contributed by atoms with Gasteiger partial charge in [0.2, 0.25) is 0 Å². The highest BCUT2D eigenvalue weighted by molar-refractivity contribution is 9.10. The van der Waals surface area contributed by atoms with E-state index in [9.17, 15) is 9.90 Å². The van der Waals surface area contributed by atoms with Gasteiger partial charge in [-0.2, -0.15) is 0 Å². The van der Waals surface area contributed by atoms with Crippen LogP contribution in [0.4, 0.5) is 0 Å². The van der Waals surface area contributed by atoms with Crippen molar-refractivity contribution in [1.82, 2.24) is 4.90 Å². The smallest absolute Gasteiger partial charge is 0.320 e. The van der Waals surface area contributed by atoms with Crippen LogP contribution < -0.4 is 14.2 Å². The zero-order chi connectivity index (χ0) is 21.0. The lowest BCUT2D eigenvalue weighted by atomic mass is 9.91. The standard InChI is InChI=1S/C22H26BrNO5/c1-27-18-10-5-4-8-14(18)21(24-11-7-6-9-17(24)22(25)26)15-12-19(28-2)20(29-3)13-16(15)23/h4-5,8,10,12-13,17,21H,6-7,9,11H2,1-3H3,(H,25,26). The molecule has 2 aromatic rings. The summed E-state index contributed by atoms with van der Waals surface area (Å²) in [5.41, 5.74) is 1.82. The molecular formula is C22H26BrNO5. The van der Waals surface area contributed by atoms with Gasteiger partial charge in [-0.15, -0.1) is 0 Å². The number of rotatable bonds is 7. The molecular weight excluding hydrogens is 438 g/mol. The van der Waals surface area contributed by atoms with Gasteiger partial charge in [0, 0.05) is 10.0 Å². The number of hydrogen-bond acceptors (Lipinski definition) is 5. The maximum Gasteiger partial charge on any atom is 0.320 e. The number of nitrogens with zero attached hydrogens (tertiary/aromatic N) is 1. The molecule has 0 radical (unpaired) electrons. The fourth-order valence-corrected chi connectivity index (χ4v) is 4.56. The molecule has 2 aromatic carbocycles. The lowest BCUT2D eigenvalue weighted by molar-refractivity contribution is -0.145. The van der Waals surface area contributed by atoms with Gasteiger partial charge in [0.1, 0.15) is 11.8 Å². The van der Waals surface area contributed by atoms with Crippen molar-refractivity contribution in [3.8, 4) is 17.2 Å². The largest absolute Gasteiger partial charge is 0.496 e. The molecule has 7 heteroatoms. The second kappa shape index (κ2) is 9.50. The number of methoxy groups -OCH3 is 3.